The van der Waals surface area contributed by atoms with Gasteiger partial charge >= 0.3 is 0 Å². The van der Waals surface area contributed by atoms with Gasteiger partial charge in [0.15, 0.2) is 0 Å². The molecule has 2 atom stereocenters. The Kier molecular flexibility index (Phi) is 3.86. The second-order valence-electron chi connectivity index (χ2n) is 6.38. The fraction of sp³-hybridized carbons (Fsp3) is 0.238. The predicted octanol–water partition coefficient (Wildman–Crippen LogP) is 4.58. The normalized spacial score (nSPS) is 22.3. The second kappa shape index (κ2) is 6.15. The van der Waals surface area contributed by atoms with E-state index in [1.54, 1.807) is 0 Å². The minimum absolute atomic E-state index is 0.119. The summed E-state index contributed by atoms with van der Waals surface area (Å²) >= 11 is 0. The van der Waals surface area contributed by atoms with E-state index < -0.39 is 0 Å². The maximum Gasteiger partial charge on any atom is 0.0996 e. The van der Waals surface area contributed by atoms with Gasteiger partial charge < -0.3 is 4.74 Å². The van der Waals surface area contributed by atoms with E-state index in [0.29, 0.717) is 12.6 Å². The third-order valence-electron chi connectivity index (χ3n) is 4.68. The molecule has 2 nitrogen and oxygen atoms in total. The molecule has 0 spiro atoms. The highest BCUT2D eigenvalue weighted by atomic mass is 16.5. The van der Waals surface area contributed by atoms with E-state index >= 15 is 0 Å². The Hall–Kier alpha value is -2.16. The van der Waals surface area contributed by atoms with Crippen LogP contribution in [0.3, 0.4) is 0 Å². The molecule has 0 N–H and O–H groups in total. The first-order valence-corrected chi connectivity index (χ1v) is 8.15. The van der Waals surface area contributed by atoms with Gasteiger partial charge in [-0.2, -0.15) is 0 Å². The smallest absolute Gasteiger partial charge is 0.0996 e. The zero-order chi connectivity index (χ0) is 15.6. The van der Waals surface area contributed by atoms with Crippen molar-refractivity contribution in [3.63, 3.8) is 0 Å². The molecule has 4 rings (SSSR count). The van der Waals surface area contributed by atoms with Crippen LogP contribution in [0.2, 0.25) is 0 Å². The molecule has 1 aliphatic heterocycles. The van der Waals surface area contributed by atoms with E-state index in [-0.39, 0.29) is 6.10 Å². The summed E-state index contributed by atoms with van der Waals surface area (Å²) in [7, 11) is 2.12. The maximum atomic E-state index is 6.18. The molecule has 2 unspecified atom stereocenters. The van der Waals surface area contributed by atoms with Crippen molar-refractivity contribution in [3.8, 4) is 0 Å². The van der Waals surface area contributed by atoms with Gasteiger partial charge in [0, 0.05) is 12.5 Å². The topological polar surface area (TPSA) is 12.5 Å². The Labute approximate surface area is 137 Å². The highest BCUT2D eigenvalue weighted by Gasteiger charge is 2.31. The average molecular weight is 303 g/mol. The van der Waals surface area contributed by atoms with Crippen molar-refractivity contribution >= 4 is 10.8 Å². The van der Waals surface area contributed by atoms with Crippen LogP contribution in [0.5, 0.6) is 0 Å². The van der Waals surface area contributed by atoms with Crippen molar-refractivity contribution in [3.05, 3.63) is 83.9 Å². The standard InChI is InChI=1S/C21H21NO/c1-22-14-20(21(23-15-22)17-8-3-2-4-9-17)19-12-11-16-7-5-6-10-18(16)13-19/h2-13,20-21H,14-15H2,1H3. The number of rotatable bonds is 2. The van der Waals surface area contributed by atoms with Crippen LogP contribution < -0.4 is 0 Å². The number of likely N-dealkylation sites (N-methyl/N-ethyl adjacent to an activating group) is 1. The van der Waals surface area contributed by atoms with Crippen molar-refractivity contribution in [2.24, 2.45) is 0 Å². The lowest BCUT2D eigenvalue weighted by atomic mass is 9.87. The van der Waals surface area contributed by atoms with Gasteiger partial charge in [-0.3, -0.25) is 4.90 Å². The third kappa shape index (κ3) is 2.88. The molecule has 1 aliphatic rings. The number of benzene rings is 3. The zero-order valence-electron chi connectivity index (χ0n) is 13.4. The Morgan fingerprint density at radius 2 is 1.57 bits per heavy atom. The van der Waals surface area contributed by atoms with E-state index in [1.807, 2.05) is 0 Å². The lowest BCUT2D eigenvalue weighted by Gasteiger charge is -2.37. The van der Waals surface area contributed by atoms with E-state index in [9.17, 15) is 0 Å². The molecule has 0 amide bonds. The Morgan fingerprint density at radius 1 is 0.826 bits per heavy atom. The molecule has 3 aromatic carbocycles. The van der Waals surface area contributed by atoms with Crippen molar-refractivity contribution in [1.29, 1.82) is 0 Å². The second-order valence-corrected chi connectivity index (χ2v) is 6.38. The minimum atomic E-state index is 0.119. The quantitative estimate of drug-likeness (QED) is 0.687. The molecule has 0 radical (unpaired) electrons. The lowest BCUT2D eigenvalue weighted by Crippen LogP contribution is -2.37. The van der Waals surface area contributed by atoms with Crippen LogP contribution in [0, 0.1) is 0 Å². The summed E-state index contributed by atoms with van der Waals surface area (Å²) < 4.78 is 6.18. The molecule has 116 valence electrons. The summed E-state index contributed by atoms with van der Waals surface area (Å²) in [5.41, 5.74) is 2.61. The summed E-state index contributed by atoms with van der Waals surface area (Å²) in [6.07, 6.45) is 0.119. The van der Waals surface area contributed by atoms with Gasteiger partial charge in [0.2, 0.25) is 0 Å². The first kappa shape index (κ1) is 14.4. The predicted molar refractivity (Wildman–Crippen MR) is 94.5 cm³/mol. The SMILES string of the molecule is CN1COC(c2ccccc2)C(c2ccc3ccccc3c2)C1. The van der Waals surface area contributed by atoms with Gasteiger partial charge in [-0.05, 0) is 28.9 Å². The van der Waals surface area contributed by atoms with Crippen LogP contribution in [0.25, 0.3) is 10.8 Å². The molecule has 0 aliphatic carbocycles. The van der Waals surface area contributed by atoms with Gasteiger partial charge in [-0.1, -0.05) is 72.8 Å². The summed E-state index contributed by atoms with van der Waals surface area (Å²) in [5.74, 6) is 0.348. The van der Waals surface area contributed by atoms with Gasteiger partial charge in [0.25, 0.3) is 0 Å². The molecule has 23 heavy (non-hydrogen) atoms. The molecule has 1 saturated heterocycles. The fourth-order valence-electron chi connectivity index (χ4n) is 3.50. The monoisotopic (exact) mass is 303 g/mol. The van der Waals surface area contributed by atoms with E-state index in [4.69, 9.17) is 4.74 Å². The van der Waals surface area contributed by atoms with Gasteiger partial charge in [-0.15, -0.1) is 0 Å². The van der Waals surface area contributed by atoms with Crippen LogP contribution in [-0.2, 0) is 4.74 Å². The Morgan fingerprint density at radius 3 is 2.39 bits per heavy atom. The van der Waals surface area contributed by atoms with Crippen molar-refractivity contribution < 1.29 is 4.74 Å². The van der Waals surface area contributed by atoms with E-state index in [1.165, 1.54) is 21.9 Å². The van der Waals surface area contributed by atoms with Crippen LogP contribution in [0.15, 0.2) is 72.8 Å². The van der Waals surface area contributed by atoms with E-state index in [0.717, 1.165) is 6.54 Å². The molecule has 1 fully saturated rings. The van der Waals surface area contributed by atoms with Crippen LogP contribution >= 0.6 is 0 Å². The first-order valence-electron chi connectivity index (χ1n) is 8.15. The molecule has 2 heteroatoms. The van der Waals surface area contributed by atoms with Crippen molar-refractivity contribution in [1.82, 2.24) is 4.90 Å². The number of hydrogen-bond donors (Lipinski definition) is 0. The number of nitrogens with zero attached hydrogens (tertiary/aromatic N) is 1. The fourth-order valence-corrected chi connectivity index (χ4v) is 3.50. The molecule has 0 aromatic heterocycles. The molecule has 1 heterocycles. The van der Waals surface area contributed by atoms with Crippen LogP contribution in [-0.4, -0.2) is 25.2 Å². The summed E-state index contributed by atoms with van der Waals surface area (Å²) in [5, 5.41) is 2.59. The zero-order valence-corrected chi connectivity index (χ0v) is 13.4. The molecule has 0 bridgehead atoms. The summed E-state index contributed by atoms with van der Waals surface area (Å²) in [4.78, 5) is 2.25. The third-order valence-corrected chi connectivity index (χ3v) is 4.68. The number of hydrogen-bond acceptors (Lipinski definition) is 2. The summed E-state index contributed by atoms with van der Waals surface area (Å²) in [6.45, 7) is 1.70. The van der Waals surface area contributed by atoms with Crippen molar-refractivity contribution in [2.75, 3.05) is 20.3 Å². The highest BCUT2D eigenvalue weighted by Crippen LogP contribution is 2.38. The Balaban J connectivity index is 1.75. The first-order chi connectivity index (χ1) is 11.3. The molecule has 0 saturated carbocycles. The number of fused-ring (bicyclic) bond motifs is 1. The summed E-state index contributed by atoms with van der Waals surface area (Å²) in [6, 6.07) is 25.9. The van der Waals surface area contributed by atoms with Crippen molar-refractivity contribution in [2.45, 2.75) is 12.0 Å². The molecular formula is C21H21NO. The minimum Gasteiger partial charge on any atom is -0.357 e. The average Bonchev–Trinajstić information content (AvgIpc) is 2.62. The molecule has 3 aromatic rings. The van der Waals surface area contributed by atoms with E-state index in [2.05, 4.69) is 84.7 Å². The van der Waals surface area contributed by atoms with Gasteiger partial charge in [0.05, 0.1) is 12.8 Å². The highest BCUT2D eigenvalue weighted by molar-refractivity contribution is 5.83. The van der Waals surface area contributed by atoms with Gasteiger partial charge in [0.1, 0.15) is 0 Å². The largest absolute Gasteiger partial charge is 0.357 e. The lowest BCUT2D eigenvalue weighted by molar-refractivity contribution is -0.0739. The van der Waals surface area contributed by atoms with Gasteiger partial charge in [-0.25, -0.2) is 0 Å². The van der Waals surface area contributed by atoms with Crippen LogP contribution in [0.4, 0.5) is 0 Å². The maximum absolute atomic E-state index is 6.18. The molecular weight excluding hydrogens is 282 g/mol. The number of ether oxygens (including phenoxy) is 1. The Bertz CT molecular complexity index is 799. The van der Waals surface area contributed by atoms with Crippen LogP contribution in [0.1, 0.15) is 23.1 Å².